The molecule has 0 fully saturated rings. The lowest BCUT2D eigenvalue weighted by atomic mass is 10.2. The molecule has 0 saturated carbocycles. The molecule has 1 aromatic heterocycles. The molecule has 0 aromatic carbocycles. The van der Waals surface area contributed by atoms with Gasteiger partial charge in [-0.25, -0.2) is 0 Å². The maximum absolute atomic E-state index is 3.20. The van der Waals surface area contributed by atoms with Gasteiger partial charge >= 0.3 is 0 Å². The van der Waals surface area contributed by atoms with E-state index in [0.717, 1.165) is 13.1 Å². The third kappa shape index (κ3) is 4.78. The Labute approximate surface area is 97.3 Å². The summed E-state index contributed by atoms with van der Waals surface area (Å²) in [7, 11) is 2.01. The van der Waals surface area contributed by atoms with E-state index in [4.69, 9.17) is 0 Å². The molecule has 0 aliphatic carbocycles. The predicted octanol–water partition coefficient (Wildman–Crippen LogP) is 2.57. The van der Waals surface area contributed by atoms with E-state index in [1.54, 1.807) is 0 Å². The summed E-state index contributed by atoms with van der Waals surface area (Å²) in [6, 6.07) is 4.98. The van der Waals surface area contributed by atoms with Crippen molar-refractivity contribution in [2.45, 2.75) is 32.9 Å². The standard InChI is InChI=1S/C12H22N2S/c1-11(2)14(8-5-7-13-3)10-12-6-4-9-15-12/h4,6,9,11,13H,5,7-8,10H2,1-3H3. The Morgan fingerprint density at radius 1 is 1.47 bits per heavy atom. The molecule has 0 spiro atoms. The maximum Gasteiger partial charge on any atom is 0.0330 e. The Balaban J connectivity index is 2.37. The van der Waals surface area contributed by atoms with Crippen molar-refractivity contribution >= 4 is 11.3 Å². The molecule has 0 aliphatic rings. The molecular weight excluding hydrogens is 204 g/mol. The lowest BCUT2D eigenvalue weighted by Crippen LogP contribution is -2.32. The Kier molecular flexibility index (Phi) is 5.91. The highest BCUT2D eigenvalue weighted by Crippen LogP contribution is 2.13. The molecule has 1 heterocycles. The molecule has 1 rings (SSSR count). The zero-order chi connectivity index (χ0) is 11.1. The minimum atomic E-state index is 0.629. The summed E-state index contributed by atoms with van der Waals surface area (Å²) in [5, 5.41) is 5.35. The molecule has 0 radical (unpaired) electrons. The summed E-state index contributed by atoms with van der Waals surface area (Å²) in [5.41, 5.74) is 0. The van der Waals surface area contributed by atoms with Crippen LogP contribution >= 0.6 is 11.3 Å². The van der Waals surface area contributed by atoms with Crippen molar-refractivity contribution in [2.24, 2.45) is 0 Å². The van der Waals surface area contributed by atoms with Crippen LogP contribution in [0.5, 0.6) is 0 Å². The molecular formula is C12H22N2S. The van der Waals surface area contributed by atoms with Crippen molar-refractivity contribution in [1.29, 1.82) is 0 Å². The molecule has 0 unspecified atom stereocenters. The van der Waals surface area contributed by atoms with Gasteiger partial charge in [0.25, 0.3) is 0 Å². The van der Waals surface area contributed by atoms with Gasteiger partial charge < -0.3 is 5.32 Å². The number of rotatable bonds is 7. The summed E-state index contributed by atoms with van der Waals surface area (Å²) >= 11 is 1.85. The van der Waals surface area contributed by atoms with Gasteiger partial charge in [-0.1, -0.05) is 6.07 Å². The molecule has 3 heteroatoms. The van der Waals surface area contributed by atoms with Crippen LogP contribution < -0.4 is 5.32 Å². The molecule has 2 nitrogen and oxygen atoms in total. The third-order valence-corrected chi connectivity index (χ3v) is 3.40. The van der Waals surface area contributed by atoms with E-state index >= 15 is 0 Å². The van der Waals surface area contributed by atoms with Gasteiger partial charge in [0.05, 0.1) is 0 Å². The van der Waals surface area contributed by atoms with E-state index in [1.807, 2.05) is 18.4 Å². The van der Waals surface area contributed by atoms with Gasteiger partial charge in [0.2, 0.25) is 0 Å². The molecule has 0 saturated heterocycles. The highest BCUT2D eigenvalue weighted by molar-refractivity contribution is 7.09. The minimum Gasteiger partial charge on any atom is -0.320 e. The second kappa shape index (κ2) is 6.99. The van der Waals surface area contributed by atoms with Gasteiger partial charge in [0, 0.05) is 17.5 Å². The monoisotopic (exact) mass is 226 g/mol. The minimum absolute atomic E-state index is 0.629. The fourth-order valence-corrected chi connectivity index (χ4v) is 2.31. The van der Waals surface area contributed by atoms with Crippen LogP contribution in [0.25, 0.3) is 0 Å². The van der Waals surface area contributed by atoms with Crippen LogP contribution in [0.4, 0.5) is 0 Å². The average molecular weight is 226 g/mol. The zero-order valence-corrected chi connectivity index (χ0v) is 10.8. The first kappa shape index (κ1) is 12.7. The van der Waals surface area contributed by atoms with E-state index in [9.17, 15) is 0 Å². The number of nitrogens with one attached hydrogen (secondary N) is 1. The van der Waals surface area contributed by atoms with E-state index in [0.29, 0.717) is 6.04 Å². The van der Waals surface area contributed by atoms with Crippen LogP contribution in [-0.4, -0.2) is 31.1 Å². The van der Waals surface area contributed by atoms with Crippen molar-refractivity contribution in [2.75, 3.05) is 20.1 Å². The lowest BCUT2D eigenvalue weighted by molar-refractivity contribution is 0.212. The lowest BCUT2D eigenvalue weighted by Gasteiger charge is -2.25. The van der Waals surface area contributed by atoms with Crippen LogP contribution in [0.15, 0.2) is 17.5 Å². The van der Waals surface area contributed by atoms with Gasteiger partial charge in [0.1, 0.15) is 0 Å². The predicted molar refractivity (Wildman–Crippen MR) is 68.4 cm³/mol. The third-order valence-electron chi connectivity index (χ3n) is 2.54. The number of nitrogens with zero attached hydrogens (tertiary/aromatic N) is 1. The fraction of sp³-hybridized carbons (Fsp3) is 0.667. The number of hydrogen-bond acceptors (Lipinski definition) is 3. The molecule has 86 valence electrons. The fourth-order valence-electron chi connectivity index (χ4n) is 1.58. The van der Waals surface area contributed by atoms with Crippen LogP contribution in [0.1, 0.15) is 25.1 Å². The van der Waals surface area contributed by atoms with Crippen LogP contribution in [0, 0.1) is 0 Å². The molecule has 15 heavy (non-hydrogen) atoms. The van der Waals surface area contributed by atoms with Crippen molar-refractivity contribution in [3.8, 4) is 0 Å². The summed E-state index contributed by atoms with van der Waals surface area (Å²) in [6.45, 7) is 7.92. The Morgan fingerprint density at radius 3 is 2.80 bits per heavy atom. The van der Waals surface area contributed by atoms with Crippen LogP contribution in [0.3, 0.4) is 0 Å². The molecule has 0 amide bonds. The van der Waals surface area contributed by atoms with Gasteiger partial charge in [0.15, 0.2) is 0 Å². The summed E-state index contributed by atoms with van der Waals surface area (Å²) in [5.74, 6) is 0. The number of thiophene rings is 1. The van der Waals surface area contributed by atoms with Gasteiger partial charge in [-0.3, -0.25) is 4.90 Å². The van der Waals surface area contributed by atoms with Crippen molar-refractivity contribution in [1.82, 2.24) is 10.2 Å². The molecule has 0 aliphatic heterocycles. The zero-order valence-electron chi connectivity index (χ0n) is 9.99. The summed E-state index contributed by atoms with van der Waals surface area (Å²) < 4.78 is 0. The summed E-state index contributed by atoms with van der Waals surface area (Å²) in [6.07, 6.45) is 1.22. The average Bonchev–Trinajstić information content (AvgIpc) is 2.69. The van der Waals surface area contributed by atoms with Crippen molar-refractivity contribution < 1.29 is 0 Å². The first-order valence-electron chi connectivity index (χ1n) is 5.65. The topological polar surface area (TPSA) is 15.3 Å². The van der Waals surface area contributed by atoms with E-state index < -0.39 is 0 Å². The molecule has 0 atom stereocenters. The SMILES string of the molecule is CNCCCN(Cc1cccs1)C(C)C. The quantitative estimate of drug-likeness (QED) is 0.719. The van der Waals surface area contributed by atoms with E-state index in [1.165, 1.54) is 17.8 Å². The largest absolute Gasteiger partial charge is 0.320 e. The number of hydrogen-bond donors (Lipinski definition) is 1. The van der Waals surface area contributed by atoms with Crippen molar-refractivity contribution in [3.05, 3.63) is 22.4 Å². The first-order chi connectivity index (χ1) is 7.24. The Morgan fingerprint density at radius 2 is 2.27 bits per heavy atom. The smallest absolute Gasteiger partial charge is 0.0330 e. The van der Waals surface area contributed by atoms with Crippen LogP contribution in [-0.2, 0) is 6.54 Å². The highest BCUT2D eigenvalue weighted by atomic mass is 32.1. The van der Waals surface area contributed by atoms with E-state index in [2.05, 4.69) is 41.6 Å². The normalized spacial score (nSPS) is 11.5. The van der Waals surface area contributed by atoms with Gasteiger partial charge in [-0.05, 0) is 51.9 Å². The second-order valence-corrected chi connectivity index (χ2v) is 5.13. The molecule has 1 N–H and O–H groups in total. The second-order valence-electron chi connectivity index (χ2n) is 4.10. The van der Waals surface area contributed by atoms with Gasteiger partial charge in [-0.2, -0.15) is 0 Å². The molecule has 1 aromatic rings. The highest BCUT2D eigenvalue weighted by Gasteiger charge is 2.09. The Bertz CT molecular complexity index is 244. The van der Waals surface area contributed by atoms with Crippen molar-refractivity contribution in [3.63, 3.8) is 0 Å². The van der Waals surface area contributed by atoms with Gasteiger partial charge in [-0.15, -0.1) is 11.3 Å². The Hall–Kier alpha value is -0.380. The van der Waals surface area contributed by atoms with E-state index in [-0.39, 0.29) is 0 Å². The maximum atomic E-state index is 3.20. The summed E-state index contributed by atoms with van der Waals surface area (Å²) in [4.78, 5) is 4.00. The van der Waals surface area contributed by atoms with Crippen LogP contribution in [0.2, 0.25) is 0 Å². The molecule has 0 bridgehead atoms. The first-order valence-corrected chi connectivity index (χ1v) is 6.53.